The lowest BCUT2D eigenvalue weighted by Crippen LogP contribution is -2.54. The normalized spacial score (nSPS) is 19.4. The SMILES string of the molecule is CCN1CCOc2ccccc2CCCCC2(CCN(C(=O)[C@H](N)Cc3c[nH]c4ccccc34)CC2)C1=O. The Morgan fingerprint density at radius 1 is 1.05 bits per heavy atom. The van der Waals surface area contributed by atoms with Crippen LogP contribution in [0.25, 0.3) is 10.9 Å². The molecule has 0 saturated carbocycles. The van der Waals surface area contributed by atoms with Gasteiger partial charge in [0.2, 0.25) is 11.8 Å². The van der Waals surface area contributed by atoms with Crippen molar-refractivity contribution < 1.29 is 14.3 Å². The van der Waals surface area contributed by atoms with Gasteiger partial charge in [-0.1, -0.05) is 42.8 Å². The summed E-state index contributed by atoms with van der Waals surface area (Å²) in [6, 6.07) is 15.7. The Morgan fingerprint density at radius 3 is 2.63 bits per heavy atom. The predicted octanol–water partition coefficient (Wildman–Crippen LogP) is 4.30. The molecular formula is C31H40N4O3. The molecule has 202 valence electrons. The number of para-hydroxylation sites is 2. The number of ether oxygens (including phenoxy) is 1. The number of nitrogens with zero attached hydrogens (tertiary/aromatic N) is 2. The first-order valence-corrected chi connectivity index (χ1v) is 14.1. The van der Waals surface area contributed by atoms with Crippen LogP contribution in [0.5, 0.6) is 5.75 Å². The minimum Gasteiger partial charge on any atom is -0.491 e. The third kappa shape index (κ3) is 5.44. The second kappa shape index (κ2) is 11.6. The van der Waals surface area contributed by atoms with E-state index in [1.165, 1.54) is 5.56 Å². The van der Waals surface area contributed by atoms with Crippen LogP contribution in [0.2, 0.25) is 0 Å². The fourth-order valence-electron chi connectivity index (χ4n) is 6.22. The standard InChI is InChI=1S/C31H40N4O3/c1-2-34-19-20-38-28-13-6-3-9-23(28)10-7-8-14-31(30(34)37)15-17-35(18-16-31)29(36)26(32)21-24-22-33-27-12-5-4-11-25(24)27/h3-6,9,11-13,22,26,33H,2,7-8,10,14-21,32H2,1H3/t26-/m1/s1. The number of nitrogens with one attached hydrogen (secondary N) is 1. The molecule has 1 atom stereocenters. The summed E-state index contributed by atoms with van der Waals surface area (Å²) in [7, 11) is 0. The first-order valence-electron chi connectivity index (χ1n) is 14.1. The lowest BCUT2D eigenvalue weighted by atomic mass is 9.73. The number of carbonyl (C=O) groups excluding carboxylic acids is 2. The third-order valence-corrected chi connectivity index (χ3v) is 8.53. The van der Waals surface area contributed by atoms with E-state index >= 15 is 0 Å². The number of hydrogen-bond donors (Lipinski definition) is 2. The number of benzene rings is 2. The molecule has 3 N–H and O–H groups in total. The van der Waals surface area contributed by atoms with Gasteiger partial charge in [-0.15, -0.1) is 0 Å². The molecule has 1 aromatic heterocycles. The highest BCUT2D eigenvalue weighted by atomic mass is 16.5. The molecule has 0 bridgehead atoms. The Hall–Kier alpha value is -3.32. The van der Waals surface area contributed by atoms with E-state index in [4.69, 9.17) is 10.5 Å². The number of H-pyrrole nitrogens is 1. The molecule has 2 aliphatic rings. The van der Waals surface area contributed by atoms with Gasteiger partial charge in [-0.25, -0.2) is 0 Å². The van der Waals surface area contributed by atoms with E-state index in [1.807, 2.05) is 53.3 Å². The van der Waals surface area contributed by atoms with E-state index in [1.54, 1.807) is 0 Å². The van der Waals surface area contributed by atoms with Crippen molar-refractivity contribution in [1.82, 2.24) is 14.8 Å². The van der Waals surface area contributed by atoms with E-state index in [0.29, 0.717) is 52.0 Å². The highest BCUT2D eigenvalue weighted by molar-refractivity contribution is 5.87. The van der Waals surface area contributed by atoms with Crippen molar-refractivity contribution in [3.63, 3.8) is 0 Å². The van der Waals surface area contributed by atoms with Gasteiger partial charge >= 0.3 is 0 Å². The van der Waals surface area contributed by atoms with E-state index < -0.39 is 11.5 Å². The first kappa shape index (κ1) is 26.3. The fourth-order valence-corrected chi connectivity index (χ4v) is 6.22. The number of nitrogens with two attached hydrogens (primary N) is 1. The average Bonchev–Trinajstić information content (AvgIpc) is 3.35. The Labute approximate surface area is 225 Å². The van der Waals surface area contributed by atoms with Crippen LogP contribution in [-0.4, -0.2) is 65.4 Å². The van der Waals surface area contributed by atoms with Crippen molar-refractivity contribution in [2.24, 2.45) is 11.1 Å². The largest absolute Gasteiger partial charge is 0.491 e. The van der Waals surface area contributed by atoms with Gasteiger partial charge in [0.15, 0.2) is 0 Å². The summed E-state index contributed by atoms with van der Waals surface area (Å²) in [6.45, 7) is 4.90. The van der Waals surface area contributed by atoms with Gasteiger partial charge in [0.1, 0.15) is 12.4 Å². The predicted molar refractivity (Wildman–Crippen MR) is 150 cm³/mol. The number of fused-ring (bicyclic) bond motifs is 2. The molecule has 3 heterocycles. The topological polar surface area (TPSA) is 91.7 Å². The average molecular weight is 517 g/mol. The molecule has 0 unspecified atom stereocenters. The molecule has 0 aliphatic carbocycles. The summed E-state index contributed by atoms with van der Waals surface area (Å²) >= 11 is 0. The maximum Gasteiger partial charge on any atom is 0.239 e. The van der Waals surface area contributed by atoms with E-state index in [-0.39, 0.29) is 11.8 Å². The fraction of sp³-hybridized carbons (Fsp3) is 0.484. The number of rotatable bonds is 4. The van der Waals surface area contributed by atoms with Crippen LogP contribution in [0.1, 0.15) is 50.2 Å². The maximum absolute atomic E-state index is 13.9. The van der Waals surface area contributed by atoms with Gasteiger partial charge in [-0.05, 0) is 68.7 Å². The van der Waals surface area contributed by atoms with Crippen LogP contribution < -0.4 is 10.5 Å². The summed E-state index contributed by atoms with van der Waals surface area (Å²) in [5.41, 5.74) is 9.36. The Bertz CT molecular complexity index is 1260. The maximum atomic E-state index is 13.9. The second-order valence-electron chi connectivity index (χ2n) is 10.8. The van der Waals surface area contributed by atoms with Crippen LogP contribution >= 0.6 is 0 Å². The molecule has 1 fully saturated rings. The number of amides is 2. The number of hydrogen-bond acceptors (Lipinski definition) is 4. The highest BCUT2D eigenvalue weighted by Crippen LogP contribution is 2.39. The zero-order valence-corrected chi connectivity index (χ0v) is 22.5. The molecule has 7 nitrogen and oxygen atoms in total. The molecule has 3 aromatic rings. The number of carbonyl (C=O) groups is 2. The quantitative estimate of drug-likeness (QED) is 0.541. The molecule has 2 aromatic carbocycles. The zero-order chi connectivity index (χ0) is 26.5. The lowest BCUT2D eigenvalue weighted by molar-refractivity contribution is -0.149. The van der Waals surface area contributed by atoms with Crippen molar-refractivity contribution in [2.45, 2.75) is 57.9 Å². The number of piperidine rings is 1. The van der Waals surface area contributed by atoms with E-state index in [0.717, 1.165) is 47.9 Å². The van der Waals surface area contributed by atoms with Gasteiger partial charge in [-0.3, -0.25) is 9.59 Å². The van der Waals surface area contributed by atoms with Crippen molar-refractivity contribution in [3.8, 4) is 5.75 Å². The molecule has 7 heteroatoms. The van der Waals surface area contributed by atoms with Gasteiger partial charge in [-0.2, -0.15) is 0 Å². The number of aromatic amines is 1. The van der Waals surface area contributed by atoms with Crippen molar-refractivity contribution in [1.29, 1.82) is 0 Å². The smallest absolute Gasteiger partial charge is 0.239 e. The third-order valence-electron chi connectivity index (χ3n) is 8.53. The van der Waals surface area contributed by atoms with Crippen LogP contribution in [0.3, 0.4) is 0 Å². The summed E-state index contributed by atoms with van der Waals surface area (Å²) in [4.78, 5) is 34.3. The van der Waals surface area contributed by atoms with Crippen molar-refractivity contribution >= 4 is 22.7 Å². The Kier molecular flexibility index (Phi) is 8.03. The van der Waals surface area contributed by atoms with Gasteiger partial charge in [0, 0.05) is 36.7 Å². The molecule has 1 spiro atoms. The van der Waals surface area contributed by atoms with Gasteiger partial charge in [0.25, 0.3) is 0 Å². The second-order valence-corrected chi connectivity index (χ2v) is 10.8. The van der Waals surface area contributed by atoms with Crippen molar-refractivity contribution in [3.05, 3.63) is 65.9 Å². The highest BCUT2D eigenvalue weighted by Gasteiger charge is 2.44. The Balaban J connectivity index is 1.25. The molecule has 0 radical (unpaired) electrons. The first-order chi connectivity index (χ1) is 18.5. The van der Waals surface area contributed by atoms with Gasteiger partial charge in [0.05, 0.1) is 18.0 Å². The monoisotopic (exact) mass is 516 g/mol. The van der Waals surface area contributed by atoms with E-state index in [2.05, 4.69) is 23.2 Å². The molecule has 5 rings (SSSR count). The summed E-state index contributed by atoms with van der Waals surface area (Å²) in [5.74, 6) is 1.12. The molecule has 38 heavy (non-hydrogen) atoms. The molecule has 2 aliphatic heterocycles. The summed E-state index contributed by atoms with van der Waals surface area (Å²) < 4.78 is 6.10. The van der Waals surface area contributed by atoms with E-state index in [9.17, 15) is 9.59 Å². The summed E-state index contributed by atoms with van der Waals surface area (Å²) in [6.07, 6.45) is 7.62. The van der Waals surface area contributed by atoms with Crippen LogP contribution in [0.15, 0.2) is 54.7 Å². The minimum atomic E-state index is -0.598. The number of likely N-dealkylation sites (tertiary alicyclic amines) is 1. The number of aromatic nitrogens is 1. The summed E-state index contributed by atoms with van der Waals surface area (Å²) in [5, 5.41) is 1.11. The van der Waals surface area contributed by atoms with Crippen LogP contribution in [-0.2, 0) is 22.4 Å². The number of likely N-dealkylation sites (N-methyl/N-ethyl adjacent to an activating group) is 1. The Morgan fingerprint density at radius 2 is 1.82 bits per heavy atom. The van der Waals surface area contributed by atoms with Crippen LogP contribution in [0, 0.1) is 5.41 Å². The van der Waals surface area contributed by atoms with Crippen molar-refractivity contribution in [2.75, 3.05) is 32.8 Å². The lowest BCUT2D eigenvalue weighted by Gasteiger charge is -2.44. The molecular weight excluding hydrogens is 476 g/mol. The zero-order valence-electron chi connectivity index (χ0n) is 22.5. The molecule has 1 saturated heterocycles. The minimum absolute atomic E-state index is 0.0249. The van der Waals surface area contributed by atoms with Crippen LogP contribution in [0.4, 0.5) is 0 Å². The molecule has 2 amide bonds. The van der Waals surface area contributed by atoms with Gasteiger partial charge < -0.3 is 25.3 Å². The number of aryl methyl sites for hydroxylation is 1.